The third-order valence-corrected chi connectivity index (χ3v) is 4.50. The van der Waals surface area contributed by atoms with E-state index in [1.807, 2.05) is 18.2 Å². The third kappa shape index (κ3) is 3.23. The Bertz CT molecular complexity index is 1010. The highest BCUT2D eigenvalue weighted by Gasteiger charge is 2.28. The summed E-state index contributed by atoms with van der Waals surface area (Å²) in [5, 5.41) is 2.37. The van der Waals surface area contributed by atoms with E-state index in [0.717, 1.165) is 24.2 Å². The summed E-state index contributed by atoms with van der Waals surface area (Å²) in [4.78, 5) is 22.9. The van der Waals surface area contributed by atoms with E-state index >= 15 is 0 Å². The van der Waals surface area contributed by atoms with E-state index in [1.165, 1.54) is 18.0 Å². The lowest BCUT2D eigenvalue weighted by Crippen LogP contribution is -2.25. The van der Waals surface area contributed by atoms with Crippen LogP contribution in [0.25, 0.3) is 0 Å². The second-order valence-corrected chi connectivity index (χ2v) is 6.39. The lowest BCUT2D eigenvalue weighted by atomic mass is 10.1. The van der Waals surface area contributed by atoms with Crippen molar-refractivity contribution in [2.24, 2.45) is 0 Å². The quantitative estimate of drug-likeness (QED) is 0.759. The zero-order chi connectivity index (χ0) is 19.0. The smallest absolute Gasteiger partial charge is 0.275 e. The highest BCUT2D eigenvalue weighted by molar-refractivity contribution is 6.02. The Balaban J connectivity index is 1.55. The maximum absolute atomic E-state index is 13.7. The number of amides is 1. The maximum Gasteiger partial charge on any atom is 0.275 e. The SMILES string of the molecule is CC1Cc2ccccc2N1c1cnc(C(=O)Nc2ccc(F)cc2F)cn1. The standard InChI is InChI=1S/C20H16F2N4O/c1-12-8-13-4-2-3-5-18(13)26(12)19-11-23-17(10-24-19)20(27)25-16-7-6-14(21)9-15(16)22/h2-7,9-12H,8H2,1H3,(H,25,27). The molecule has 136 valence electrons. The van der Waals surface area contributed by atoms with Crippen LogP contribution in [-0.4, -0.2) is 21.9 Å². The molecule has 0 bridgehead atoms. The highest BCUT2D eigenvalue weighted by atomic mass is 19.1. The van der Waals surface area contributed by atoms with Crippen molar-refractivity contribution in [3.8, 4) is 0 Å². The number of carbonyl (C=O) groups is 1. The van der Waals surface area contributed by atoms with Crippen LogP contribution in [0.15, 0.2) is 54.9 Å². The Morgan fingerprint density at radius 3 is 2.70 bits per heavy atom. The minimum Gasteiger partial charge on any atom is -0.322 e. The summed E-state index contributed by atoms with van der Waals surface area (Å²) < 4.78 is 26.6. The molecule has 1 aliphatic rings. The van der Waals surface area contributed by atoms with Crippen molar-refractivity contribution in [2.75, 3.05) is 10.2 Å². The van der Waals surface area contributed by atoms with E-state index in [1.54, 1.807) is 0 Å². The largest absolute Gasteiger partial charge is 0.322 e. The van der Waals surface area contributed by atoms with Crippen molar-refractivity contribution in [1.29, 1.82) is 0 Å². The molecule has 0 radical (unpaired) electrons. The van der Waals surface area contributed by atoms with E-state index in [0.29, 0.717) is 11.9 Å². The van der Waals surface area contributed by atoms with Gasteiger partial charge in [-0.3, -0.25) is 4.79 Å². The molecule has 0 spiro atoms. The van der Waals surface area contributed by atoms with Gasteiger partial charge in [0.1, 0.15) is 17.3 Å². The van der Waals surface area contributed by atoms with Gasteiger partial charge in [0.2, 0.25) is 0 Å². The summed E-state index contributed by atoms with van der Waals surface area (Å²) in [6, 6.07) is 11.2. The van der Waals surface area contributed by atoms with Crippen molar-refractivity contribution in [2.45, 2.75) is 19.4 Å². The number of nitrogens with zero attached hydrogens (tertiary/aromatic N) is 3. The van der Waals surface area contributed by atoms with E-state index in [2.05, 4.69) is 33.2 Å². The van der Waals surface area contributed by atoms with Crippen LogP contribution in [0, 0.1) is 11.6 Å². The summed E-state index contributed by atoms with van der Waals surface area (Å²) >= 11 is 0. The first-order chi connectivity index (χ1) is 13.0. The summed E-state index contributed by atoms with van der Waals surface area (Å²) in [5.41, 5.74) is 2.24. The Labute approximate surface area is 154 Å². The summed E-state index contributed by atoms with van der Waals surface area (Å²) in [5.74, 6) is -1.54. The zero-order valence-electron chi connectivity index (χ0n) is 14.5. The molecule has 0 saturated heterocycles. The van der Waals surface area contributed by atoms with Gasteiger partial charge in [0.05, 0.1) is 18.1 Å². The molecule has 5 nitrogen and oxygen atoms in total. The Morgan fingerprint density at radius 2 is 1.96 bits per heavy atom. The molecule has 1 aliphatic heterocycles. The minimum absolute atomic E-state index is 0.0441. The van der Waals surface area contributed by atoms with Gasteiger partial charge in [0, 0.05) is 17.8 Å². The maximum atomic E-state index is 13.7. The first kappa shape index (κ1) is 17.1. The van der Waals surface area contributed by atoms with Crippen LogP contribution in [0.4, 0.5) is 26.0 Å². The van der Waals surface area contributed by atoms with Gasteiger partial charge in [-0.25, -0.2) is 18.7 Å². The Hall–Kier alpha value is -3.35. The highest BCUT2D eigenvalue weighted by Crippen LogP contribution is 2.36. The van der Waals surface area contributed by atoms with Gasteiger partial charge in [-0.05, 0) is 37.1 Å². The second kappa shape index (κ2) is 6.75. The Morgan fingerprint density at radius 1 is 1.15 bits per heavy atom. The van der Waals surface area contributed by atoms with Gasteiger partial charge < -0.3 is 10.2 Å². The molecule has 1 unspecified atom stereocenters. The zero-order valence-corrected chi connectivity index (χ0v) is 14.5. The topological polar surface area (TPSA) is 58.1 Å². The molecular weight excluding hydrogens is 350 g/mol. The molecular formula is C20H16F2N4O. The second-order valence-electron chi connectivity index (χ2n) is 6.39. The number of hydrogen-bond acceptors (Lipinski definition) is 4. The van der Waals surface area contributed by atoms with Crippen molar-refractivity contribution in [1.82, 2.24) is 9.97 Å². The van der Waals surface area contributed by atoms with Gasteiger partial charge in [0.15, 0.2) is 5.82 Å². The number of anilines is 3. The third-order valence-electron chi connectivity index (χ3n) is 4.50. The van der Waals surface area contributed by atoms with Crippen molar-refractivity contribution >= 4 is 23.1 Å². The number of halogens is 2. The lowest BCUT2D eigenvalue weighted by Gasteiger charge is -2.23. The number of carbonyl (C=O) groups excluding carboxylic acids is 1. The van der Waals surface area contributed by atoms with Crippen molar-refractivity contribution < 1.29 is 13.6 Å². The van der Waals surface area contributed by atoms with Crippen LogP contribution in [0.5, 0.6) is 0 Å². The van der Waals surface area contributed by atoms with Crippen LogP contribution in [0.2, 0.25) is 0 Å². The summed E-state index contributed by atoms with van der Waals surface area (Å²) in [6.07, 6.45) is 3.78. The molecule has 0 saturated carbocycles. The molecule has 1 atom stereocenters. The Kier molecular flexibility index (Phi) is 4.27. The van der Waals surface area contributed by atoms with Crippen molar-refractivity contribution in [3.63, 3.8) is 0 Å². The number of fused-ring (bicyclic) bond motifs is 1. The van der Waals surface area contributed by atoms with Crippen LogP contribution in [0.1, 0.15) is 23.0 Å². The number of hydrogen-bond donors (Lipinski definition) is 1. The molecule has 3 aromatic rings. The number of aromatic nitrogens is 2. The van der Waals surface area contributed by atoms with Crippen LogP contribution >= 0.6 is 0 Å². The fourth-order valence-electron chi connectivity index (χ4n) is 3.25. The molecule has 1 N–H and O–H groups in total. The van der Waals surface area contributed by atoms with E-state index < -0.39 is 17.5 Å². The molecule has 0 aliphatic carbocycles. The molecule has 2 aromatic carbocycles. The van der Waals surface area contributed by atoms with Crippen LogP contribution in [0.3, 0.4) is 0 Å². The number of rotatable bonds is 3. The molecule has 27 heavy (non-hydrogen) atoms. The number of nitrogens with one attached hydrogen (secondary N) is 1. The van der Waals surface area contributed by atoms with Gasteiger partial charge in [0.25, 0.3) is 5.91 Å². The van der Waals surface area contributed by atoms with E-state index in [-0.39, 0.29) is 17.4 Å². The predicted octanol–water partition coefficient (Wildman–Crippen LogP) is 4.09. The average molecular weight is 366 g/mol. The summed E-state index contributed by atoms with van der Waals surface area (Å²) in [7, 11) is 0. The van der Waals surface area contributed by atoms with Gasteiger partial charge >= 0.3 is 0 Å². The first-order valence-electron chi connectivity index (χ1n) is 8.48. The molecule has 1 aromatic heterocycles. The predicted molar refractivity (Wildman–Crippen MR) is 98.1 cm³/mol. The monoisotopic (exact) mass is 366 g/mol. The first-order valence-corrected chi connectivity index (χ1v) is 8.48. The van der Waals surface area contributed by atoms with Crippen molar-refractivity contribution in [3.05, 3.63) is 77.8 Å². The normalized spacial score (nSPS) is 15.5. The molecule has 4 rings (SSSR count). The molecule has 7 heteroatoms. The van der Waals surface area contributed by atoms with E-state index in [4.69, 9.17) is 0 Å². The molecule has 0 fully saturated rings. The molecule has 2 heterocycles. The van der Waals surface area contributed by atoms with Gasteiger partial charge in [-0.1, -0.05) is 18.2 Å². The number of para-hydroxylation sites is 1. The van der Waals surface area contributed by atoms with Crippen LogP contribution < -0.4 is 10.2 Å². The number of benzene rings is 2. The lowest BCUT2D eigenvalue weighted by molar-refractivity contribution is 0.102. The fourth-order valence-corrected chi connectivity index (χ4v) is 3.25. The van der Waals surface area contributed by atoms with E-state index in [9.17, 15) is 13.6 Å². The molecule has 1 amide bonds. The van der Waals surface area contributed by atoms with Gasteiger partial charge in [-0.2, -0.15) is 0 Å². The van der Waals surface area contributed by atoms with Gasteiger partial charge in [-0.15, -0.1) is 0 Å². The minimum atomic E-state index is -0.851. The van der Waals surface area contributed by atoms with Crippen LogP contribution in [-0.2, 0) is 6.42 Å². The average Bonchev–Trinajstić information content (AvgIpc) is 3.00. The fraction of sp³-hybridized carbons (Fsp3) is 0.150. The summed E-state index contributed by atoms with van der Waals surface area (Å²) in [6.45, 7) is 2.10.